The highest BCUT2D eigenvalue weighted by atomic mass is 79.9. The lowest BCUT2D eigenvalue weighted by Crippen LogP contribution is -2.08. The van der Waals surface area contributed by atoms with E-state index in [9.17, 15) is 4.79 Å². The molecule has 0 atom stereocenters. The summed E-state index contributed by atoms with van der Waals surface area (Å²) >= 11 is 3.32. The van der Waals surface area contributed by atoms with Crippen molar-refractivity contribution < 1.29 is 19.4 Å². The van der Waals surface area contributed by atoms with Gasteiger partial charge in [0.15, 0.2) is 11.5 Å². The lowest BCUT2D eigenvalue weighted by molar-refractivity contribution is 0.209. The van der Waals surface area contributed by atoms with Crippen molar-refractivity contribution in [2.45, 2.75) is 13.8 Å². The Kier molecular flexibility index (Phi) is 5.09. The number of nitrogens with one attached hydrogen (secondary N) is 1. The summed E-state index contributed by atoms with van der Waals surface area (Å²) in [6.45, 7) is 4.69. The topological polar surface area (TPSA) is 67.8 Å². The van der Waals surface area contributed by atoms with Crippen LogP contribution >= 0.6 is 15.9 Å². The van der Waals surface area contributed by atoms with Crippen molar-refractivity contribution in [1.29, 1.82) is 0 Å². The number of carbonyl (C=O) groups is 1. The molecular formula is C11H14BrNO4. The van der Waals surface area contributed by atoms with Crippen LogP contribution in [-0.4, -0.2) is 24.4 Å². The Balaban J connectivity index is 3.10. The van der Waals surface area contributed by atoms with Gasteiger partial charge in [0.25, 0.3) is 0 Å². The fourth-order valence-electron chi connectivity index (χ4n) is 1.31. The fourth-order valence-corrected chi connectivity index (χ4v) is 1.87. The van der Waals surface area contributed by atoms with Gasteiger partial charge in [-0.05, 0) is 35.8 Å². The van der Waals surface area contributed by atoms with Crippen LogP contribution in [-0.2, 0) is 0 Å². The third-order valence-electron chi connectivity index (χ3n) is 1.85. The molecule has 0 aromatic heterocycles. The van der Waals surface area contributed by atoms with E-state index in [1.165, 1.54) is 0 Å². The van der Waals surface area contributed by atoms with E-state index in [0.717, 1.165) is 0 Å². The van der Waals surface area contributed by atoms with Gasteiger partial charge in [0.1, 0.15) is 0 Å². The van der Waals surface area contributed by atoms with Crippen LogP contribution in [0, 0.1) is 0 Å². The van der Waals surface area contributed by atoms with E-state index in [0.29, 0.717) is 34.9 Å². The monoisotopic (exact) mass is 303 g/mol. The minimum Gasteiger partial charge on any atom is -0.490 e. The van der Waals surface area contributed by atoms with Crippen LogP contribution < -0.4 is 14.8 Å². The second-order valence-corrected chi connectivity index (χ2v) is 3.94. The molecule has 0 saturated heterocycles. The molecule has 6 heteroatoms. The summed E-state index contributed by atoms with van der Waals surface area (Å²) in [7, 11) is 0. The Morgan fingerprint density at radius 1 is 1.35 bits per heavy atom. The van der Waals surface area contributed by atoms with Gasteiger partial charge in [-0.15, -0.1) is 0 Å². The average molecular weight is 304 g/mol. The van der Waals surface area contributed by atoms with E-state index in [1.807, 2.05) is 13.8 Å². The molecule has 0 radical (unpaired) electrons. The number of hydrogen-bond acceptors (Lipinski definition) is 3. The van der Waals surface area contributed by atoms with Gasteiger partial charge < -0.3 is 14.6 Å². The smallest absolute Gasteiger partial charge is 0.409 e. The Morgan fingerprint density at radius 2 is 2.00 bits per heavy atom. The van der Waals surface area contributed by atoms with E-state index in [2.05, 4.69) is 21.2 Å². The van der Waals surface area contributed by atoms with E-state index in [4.69, 9.17) is 14.6 Å². The number of hydrogen-bond donors (Lipinski definition) is 2. The molecule has 0 unspecified atom stereocenters. The molecule has 0 spiro atoms. The molecule has 0 fully saturated rings. The zero-order valence-corrected chi connectivity index (χ0v) is 11.2. The van der Waals surface area contributed by atoms with Crippen LogP contribution in [0.25, 0.3) is 0 Å². The van der Waals surface area contributed by atoms with Crippen molar-refractivity contribution >= 4 is 27.7 Å². The minimum absolute atomic E-state index is 0.427. The second-order valence-electron chi connectivity index (χ2n) is 3.08. The third-order valence-corrected chi connectivity index (χ3v) is 2.44. The Labute approximate surface area is 108 Å². The first-order chi connectivity index (χ1) is 8.08. The lowest BCUT2D eigenvalue weighted by atomic mass is 10.2. The lowest BCUT2D eigenvalue weighted by Gasteiger charge is -2.14. The van der Waals surface area contributed by atoms with Crippen LogP contribution in [0.5, 0.6) is 11.5 Å². The van der Waals surface area contributed by atoms with Crippen molar-refractivity contribution in [3.8, 4) is 11.5 Å². The summed E-state index contributed by atoms with van der Waals surface area (Å²) in [5, 5.41) is 10.9. The molecule has 1 rings (SSSR count). The Morgan fingerprint density at radius 3 is 2.53 bits per heavy atom. The highest BCUT2D eigenvalue weighted by Gasteiger charge is 2.12. The molecular weight excluding hydrogens is 290 g/mol. The van der Waals surface area contributed by atoms with Crippen LogP contribution in [0.15, 0.2) is 16.6 Å². The van der Waals surface area contributed by atoms with Gasteiger partial charge in [-0.25, -0.2) is 4.79 Å². The average Bonchev–Trinajstić information content (AvgIpc) is 2.22. The molecule has 5 nitrogen and oxygen atoms in total. The first-order valence-electron chi connectivity index (χ1n) is 5.17. The van der Waals surface area contributed by atoms with E-state index >= 15 is 0 Å². The Hall–Kier alpha value is -1.43. The normalized spacial score (nSPS) is 9.82. The van der Waals surface area contributed by atoms with Crippen molar-refractivity contribution in [2.24, 2.45) is 0 Å². The molecule has 0 aliphatic carbocycles. The summed E-state index contributed by atoms with van der Waals surface area (Å²) in [5.74, 6) is 1.08. The molecule has 17 heavy (non-hydrogen) atoms. The number of benzene rings is 1. The quantitative estimate of drug-likeness (QED) is 0.875. The zero-order chi connectivity index (χ0) is 12.8. The summed E-state index contributed by atoms with van der Waals surface area (Å²) < 4.78 is 11.5. The third kappa shape index (κ3) is 3.81. The molecule has 1 aromatic rings. The Bertz CT molecular complexity index is 409. The van der Waals surface area contributed by atoms with E-state index < -0.39 is 6.09 Å². The maximum Gasteiger partial charge on any atom is 0.409 e. The van der Waals surface area contributed by atoms with Gasteiger partial charge in [0, 0.05) is 11.8 Å². The highest BCUT2D eigenvalue weighted by Crippen LogP contribution is 2.38. The summed E-state index contributed by atoms with van der Waals surface area (Å²) in [6.07, 6.45) is -1.12. The molecule has 2 N–H and O–H groups in total. The largest absolute Gasteiger partial charge is 0.490 e. The van der Waals surface area contributed by atoms with Gasteiger partial charge in [0.2, 0.25) is 0 Å². The number of carboxylic acid groups (broad SMARTS) is 1. The maximum absolute atomic E-state index is 10.6. The van der Waals surface area contributed by atoms with Crippen LogP contribution in [0.1, 0.15) is 13.8 Å². The van der Waals surface area contributed by atoms with Crippen molar-refractivity contribution in [2.75, 3.05) is 18.5 Å². The molecule has 0 saturated carbocycles. The number of anilines is 1. The van der Waals surface area contributed by atoms with Crippen molar-refractivity contribution in [1.82, 2.24) is 0 Å². The van der Waals surface area contributed by atoms with Gasteiger partial charge in [-0.1, -0.05) is 0 Å². The molecule has 0 aliphatic rings. The predicted octanol–water partition coefficient (Wildman–Crippen LogP) is 3.34. The predicted molar refractivity (Wildman–Crippen MR) is 68.1 cm³/mol. The number of rotatable bonds is 5. The molecule has 0 bridgehead atoms. The van der Waals surface area contributed by atoms with Crippen LogP contribution in [0.2, 0.25) is 0 Å². The first-order valence-corrected chi connectivity index (χ1v) is 5.96. The second kappa shape index (κ2) is 6.34. The SMILES string of the molecule is CCOc1cc(NC(=O)O)cc(Br)c1OCC. The molecule has 94 valence electrons. The van der Waals surface area contributed by atoms with Gasteiger partial charge in [-0.3, -0.25) is 5.32 Å². The maximum atomic E-state index is 10.6. The van der Waals surface area contributed by atoms with Gasteiger partial charge >= 0.3 is 6.09 Å². The standard InChI is InChI=1S/C11H14BrNO4/c1-3-16-9-6-7(13-11(14)15)5-8(12)10(9)17-4-2/h5-6,13H,3-4H2,1-2H3,(H,14,15). The number of ether oxygens (including phenoxy) is 2. The molecule has 0 heterocycles. The van der Waals surface area contributed by atoms with Gasteiger partial charge in [0.05, 0.1) is 17.7 Å². The van der Waals surface area contributed by atoms with Gasteiger partial charge in [-0.2, -0.15) is 0 Å². The van der Waals surface area contributed by atoms with Crippen molar-refractivity contribution in [3.05, 3.63) is 16.6 Å². The summed E-state index contributed by atoms with van der Waals surface area (Å²) in [4.78, 5) is 10.6. The van der Waals surface area contributed by atoms with Crippen molar-refractivity contribution in [3.63, 3.8) is 0 Å². The highest BCUT2D eigenvalue weighted by molar-refractivity contribution is 9.10. The fraction of sp³-hybridized carbons (Fsp3) is 0.364. The molecule has 1 amide bonds. The zero-order valence-electron chi connectivity index (χ0n) is 9.62. The summed E-state index contributed by atoms with van der Waals surface area (Å²) in [6, 6.07) is 3.22. The molecule has 1 aromatic carbocycles. The first kappa shape index (κ1) is 13.6. The summed E-state index contributed by atoms with van der Waals surface area (Å²) in [5.41, 5.74) is 0.427. The van der Waals surface area contributed by atoms with Crippen LogP contribution in [0.3, 0.4) is 0 Å². The van der Waals surface area contributed by atoms with E-state index in [-0.39, 0.29) is 0 Å². The molecule has 0 aliphatic heterocycles. The number of amides is 1. The number of halogens is 1. The minimum atomic E-state index is -1.12. The van der Waals surface area contributed by atoms with Crippen LogP contribution in [0.4, 0.5) is 10.5 Å². The van der Waals surface area contributed by atoms with E-state index in [1.54, 1.807) is 12.1 Å².